The van der Waals surface area contributed by atoms with Crippen LogP contribution in [0.4, 0.5) is 5.13 Å². The van der Waals surface area contributed by atoms with Gasteiger partial charge < -0.3 is 10.1 Å². The molecule has 1 unspecified atom stereocenters. The third-order valence-corrected chi connectivity index (χ3v) is 2.81. The molecule has 1 atom stereocenters. The molecule has 16 heavy (non-hydrogen) atoms. The summed E-state index contributed by atoms with van der Waals surface area (Å²) in [4.78, 5) is 4.46. The molecule has 5 heteroatoms. The third-order valence-electron chi connectivity index (χ3n) is 2.12. The fourth-order valence-electron chi connectivity index (χ4n) is 1.44. The average molecular weight is 243 g/mol. The summed E-state index contributed by atoms with van der Waals surface area (Å²) >= 11 is 1.39. The van der Waals surface area contributed by atoms with E-state index in [1.165, 1.54) is 11.5 Å². The first-order valence-corrected chi connectivity index (χ1v) is 6.45. The van der Waals surface area contributed by atoms with Gasteiger partial charge in [0, 0.05) is 24.7 Å². The van der Waals surface area contributed by atoms with Gasteiger partial charge in [-0.1, -0.05) is 20.8 Å². The van der Waals surface area contributed by atoms with Crippen LogP contribution >= 0.6 is 11.5 Å². The normalized spacial score (nSPS) is 13.8. The number of ether oxygens (including phenoxy) is 1. The van der Waals surface area contributed by atoms with E-state index in [0.717, 1.165) is 17.5 Å². The Morgan fingerprint density at radius 2 is 2.06 bits per heavy atom. The van der Waals surface area contributed by atoms with Crippen molar-refractivity contribution >= 4 is 16.7 Å². The van der Waals surface area contributed by atoms with Gasteiger partial charge in [-0.15, -0.1) is 0 Å². The summed E-state index contributed by atoms with van der Waals surface area (Å²) in [6.45, 7) is 12.0. The Kier molecular flexibility index (Phi) is 4.68. The van der Waals surface area contributed by atoms with Gasteiger partial charge in [0.25, 0.3) is 0 Å². The average Bonchev–Trinajstić information content (AvgIpc) is 2.61. The molecule has 0 aromatic carbocycles. The van der Waals surface area contributed by atoms with Crippen LogP contribution in [-0.4, -0.2) is 22.5 Å². The van der Waals surface area contributed by atoms with Crippen molar-refractivity contribution in [3.8, 4) is 0 Å². The van der Waals surface area contributed by atoms with Gasteiger partial charge in [-0.25, -0.2) is 4.98 Å². The molecule has 0 fully saturated rings. The highest BCUT2D eigenvalue weighted by molar-refractivity contribution is 7.09. The Balaban J connectivity index is 2.84. The van der Waals surface area contributed by atoms with Crippen LogP contribution in [0.3, 0.4) is 0 Å². The molecule has 1 heterocycles. The van der Waals surface area contributed by atoms with Crippen molar-refractivity contribution in [3.05, 3.63) is 5.82 Å². The Morgan fingerprint density at radius 1 is 1.38 bits per heavy atom. The molecule has 1 aromatic rings. The van der Waals surface area contributed by atoms with E-state index in [9.17, 15) is 0 Å². The van der Waals surface area contributed by atoms with E-state index in [1.807, 2.05) is 13.8 Å². The number of hydrogen-bond acceptors (Lipinski definition) is 5. The number of hydrogen-bond donors (Lipinski definition) is 1. The van der Waals surface area contributed by atoms with Crippen LogP contribution in [0.15, 0.2) is 0 Å². The van der Waals surface area contributed by atoms with E-state index in [1.54, 1.807) is 0 Å². The fourth-order valence-corrected chi connectivity index (χ4v) is 2.10. The molecule has 0 radical (unpaired) electrons. The standard InChI is InChI=1S/C11H21N3OS/c1-6-12-10-13-9(14-16-10)8(15-7-2)11(3,4)5/h8H,6-7H2,1-5H3,(H,12,13,14). The van der Waals surface area contributed by atoms with Crippen molar-refractivity contribution in [2.45, 2.75) is 40.7 Å². The SMILES string of the molecule is CCNc1nc(C(OCC)C(C)(C)C)ns1. The van der Waals surface area contributed by atoms with Gasteiger partial charge in [-0.3, -0.25) is 0 Å². The van der Waals surface area contributed by atoms with Gasteiger partial charge in [0.15, 0.2) is 5.82 Å². The van der Waals surface area contributed by atoms with Crippen LogP contribution in [0.25, 0.3) is 0 Å². The molecule has 4 nitrogen and oxygen atoms in total. The first-order chi connectivity index (χ1) is 7.49. The molecule has 0 amide bonds. The minimum absolute atomic E-state index is 0.0145. The van der Waals surface area contributed by atoms with Crippen molar-refractivity contribution in [1.29, 1.82) is 0 Å². The van der Waals surface area contributed by atoms with E-state index in [0.29, 0.717) is 6.61 Å². The molecule has 0 aliphatic rings. The maximum Gasteiger partial charge on any atom is 0.202 e. The number of aromatic nitrogens is 2. The minimum Gasteiger partial charge on any atom is -0.370 e. The quantitative estimate of drug-likeness (QED) is 0.863. The summed E-state index contributed by atoms with van der Waals surface area (Å²) in [7, 11) is 0. The maximum absolute atomic E-state index is 5.74. The summed E-state index contributed by atoms with van der Waals surface area (Å²) in [5.41, 5.74) is 0.0145. The topological polar surface area (TPSA) is 47.0 Å². The van der Waals surface area contributed by atoms with Gasteiger partial charge >= 0.3 is 0 Å². The molecule has 0 saturated heterocycles. The van der Waals surface area contributed by atoms with Gasteiger partial charge in [-0.2, -0.15) is 4.37 Å². The molecule has 0 spiro atoms. The number of nitrogens with one attached hydrogen (secondary N) is 1. The first kappa shape index (κ1) is 13.4. The third kappa shape index (κ3) is 3.42. The van der Waals surface area contributed by atoms with Crippen LogP contribution in [0, 0.1) is 5.41 Å². The lowest BCUT2D eigenvalue weighted by molar-refractivity contribution is -0.0183. The predicted octanol–water partition coefficient (Wildman–Crippen LogP) is 3.09. The summed E-state index contributed by atoms with van der Waals surface area (Å²) in [5, 5.41) is 4.03. The molecule has 0 saturated carbocycles. The first-order valence-electron chi connectivity index (χ1n) is 5.68. The van der Waals surface area contributed by atoms with Crippen LogP contribution in [-0.2, 0) is 4.74 Å². The van der Waals surface area contributed by atoms with Crippen molar-refractivity contribution in [2.24, 2.45) is 5.41 Å². The zero-order valence-electron chi connectivity index (χ0n) is 10.7. The number of nitrogens with zero attached hydrogens (tertiary/aromatic N) is 2. The van der Waals surface area contributed by atoms with E-state index < -0.39 is 0 Å². The van der Waals surface area contributed by atoms with Crippen molar-refractivity contribution in [3.63, 3.8) is 0 Å². The second kappa shape index (κ2) is 5.59. The maximum atomic E-state index is 5.74. The van der Waals surface area contributed by atoms with Gasteiger partial charge in [-0.05, 0) is 19.3 Å². The molecule has 1 aromatic heterocycles. The minimum atomic E-state index is -0.0406. The highest BCUT2D eigenvalue weighted by atomic mass is 32.1. The second-order valence-corrected chi connectivity index (χ2v) is 5.44. The number of anilines is 1. The summed E-state index contributed by atoms with van der Waals surface area (Å²) < 4.78 is 10.1. The molecular formula is C11H21N3OS. The van der Waals surface area contributed by atoms with Crippen molar-refractivity contribution in [1.82, 2.24) is 9.36 Å². The molecule has 1 rings (SSSR count). The molecule has 0 bridgehead atoms. The second-order valence-electron chi connectivity index (χ2n) is 4.69. The zero-order valence-corrected chi connectivity index (χ0v) is 11.5. The van der Waals surface area contributed by atoms with Crippen LogP contribution in [0.1, 0.15) is 46.5 Å². The Bertz CT molecular complexity index is 319. The van der Waals surface area contributed by atoms with Crippen molar-refractivity contribution in [2.75, 3.05) is 18.5 Å². The van der Waals surface area contributed by atoms with E-state index in [4.69, 9.17) is 4.74 Å². The fraction of sp³-hybridized carbons (Fsp3) is 0.818. The highest BCUT2D eigenvalue weighted by Gasteiger charge is 2.30. The van der Waals surface area contributed by atoms with Crippen LogP contribution < -0.4 is 5.32 Å². The lowest BCUT2D eigenvalue weighted by Crippen LogP contribution is -2.22. The summed E-state index contributed by atoms with van der Waals surface area (Å²) in [6.07, 6.45) is -0.0406. The summed E-state index contributed by atoms with van der Waals surface area (Å²) in [5.74, 6) is 0.787. The van der Waals surface area contributed by atoms with Gasteiger partial charge in [0.05, 0.1) is 0 Å². The lowest BCUT2D eigenvalue weighted by atomic mass is 9.88. The Morgan fingerprint density at radius 3 is 2.56 bits per heavy atom. The molecule has 1 N–H and O–H groups in total. The van der Waals surface area contributed by atoms with E-state index in [-0.39, 0.29) is 11.5 Å². The lowest BCUT2D eigenvalue weighted by Gasteiger charge is -2.27. The molecule has 0 aliphatic carbocycles. The monoisotopic (exact) mass is 243 g/mol. The van der Waals surface area contributed by atoms with Gasteiger partial charge in [0.2, 0.25) is 5.13 Å². The Labute approximate surface area is 102 Å². The number of rotatable bonds is 5. The molecular weight excluding hydrogens is 222 g/mol. The van der Waals surface area contributed by atoms with Crippen LogP contribution in [0.2, 0.25) is 0 Å². The predicted molar refractivity (Wildman–Crippen MR) is 67.9 cm³/mol. The zero-order chi connectivity index (χ0) is 12.2. The van der Waals surface area contributed by atoms with Crippen LogP contribution in [0.5, 0.6) is 0 Å². The van der Waals surface area contributed by atoms with Gasteiger partial charge in [0.1, 0.15) is 6.10 Å². The Hall–Kier alpha value is -0.680. The summed E-state index contributed by atoms with van der Waals surface area (Å²) in [6, 6.07) is 0. The highest BCUT2D eigenvalue weighted by Crippen LogP contribution is 2.35. The van der Waals surface area contributed by atoms with E-state index >= 15 is 0 Å². The van der Waals surface area contributed by atoms with E-state index in [2.05, 4.69) is 35.4 Å². The molecule has 92 valence electrons. The van der Waals surface area contributed by atoms with Crippen molar-refractivity contribution < 1.29 is 4.74 Å². The molecule has 0 aliphatic heterocycles. The smallest absolute Gasteiger partial charge is 0.202 e. The largest absolute Gasteiger partial charge is 0.370 e.